The van der Waals surface area contributed by atoms with Gasteiger partial charge in [0.05, 0.1) is 11.1 Å². The van der Waals surface area contributed by atoms with Gasteiger partial charge >= 0.3 is 5.97 Å². The Bertz CT molecular complexity index is 444. The Morgan fingerprint density at radius 1 is 1.39 bits per heavy atom. The molecule has 1 N–H and O–H groups in total. The number of carbonyl (C=O) groups is 2. The number of hydrogen-bond donors (Lipinski definition) is 1. The maximum absolute atomic E-state index is 12.3. The molecule has 0 bridgehead atoms. The topological polar surface area (TPSA) is 70.5 Å². The van der Waals surface area contributed by atoms with E-state index in [1.165, 1.54) is 18.5 Å². The quantitative estimate of drug-likeness (QED) is 0.868. The second-order valence-electron chi connectivity index (χ2n) is 4.32. The summed E-state index contributed by atoms with van der Waals surface area (Å²) < 4.78 is 0. The molecule has 0 unspecified atom stereocenters. The van der Waals surface area contributed by atoms with Crippen LogP contribution in [0, 0.1) is 0 Å². The lowest BCUT2D eigenvalue weighted by molar-refractivity contribution is 0.0657. The molecule has 18 heavy (non-hydrogen) atoms. The lowest BCUT2D eigenvalue weighted by Gasteiger charge is -2.26. The van der Waals surface area contributed by atoms with Crippen LogP contribution < -0.4 is 0 Å². The van der Waals surface area contributed by atoms with Crippen molar-refractivity contribution in [2.45, 2.75) is 33.2 Å². The first-order valence-corrected chi connectivity index (χ1v) is 5.97. The monoisotopic (exact) mass is 250 g/mol. The van der Waals surface area contributed by atoms with Crippen LogP contribution in [0.2, 0.25) is 0 Å². The minimum Gasteiger partial charge on any atom is -0.478 e. The molecule has 5 heteroatoms. The first-order valence-electron chi connectivity index (χ1n) is 5.97. The standard InChI is InChI=1S/C13H18N2O3/c1-4-7-15(9(2)3)12(16)10-5-6-14-8-11(10)13(17)18/h5-6,8-9H,4,7H2,1-3H3,(H,17,18). The van der Waals surface area contributed by atoms with E-state index < -0.39 is 5.97 Å². The maximum Gasteiger partial charge on any atom is 0.338 e. The number of carbonyl (C=O) groups excluding carboxylic acids is 1. The molecule has 1 amide bonds. The largest absolute Gasteiger partial charge is 0.478 e. The van der Waals surface area contributed by atoms with Gasteiger partial charge in [-0.2, -0.15) is 0 Å². The van der Waals surface area contributed by atoms with Crippen LogP contribution in [0.15, 0.2) is 18.5 Å². The molecule has 0 saturated heterocycles. The molecule has 0 aliphatic rings. The van der Waals surface area contributed by atoms with Gasteiger partial charge in [-0.1, -0.05) is 6.92 Å². The summed E-state index contributed by atoms with van der Waals surface area (Å²) in [4.78, 5) is 28.8. The van der Waals surface area contributed by atoms with Gasteiger partial charge in [-0.25, -0.2) is 4.79 Å². The highest BCUT2D eigenvalue weighted by molar-refractivity contribution is 6.04. The zero-order chi connectivity index (χ0) is 13.7. The van der Waals surface area contributed by atoms with Gasteiger partial charge in [0.1, 0.15) is 0 Å². The van der Waals surface area contributed by atoms with E-state index in [9.17, 15) is 9.59 Å². The minimum atomic E-state index is -1.13. The molecule has 0 aliphatic carbocycles. The van der Waals surface area contributed by atoms with E-state index in [4.69, 9.17) is 5.11 Å². The van der Waals surface area contributed by atoms with Crippen LogP contribution >= 0.6 is 0 Å². The highest BCUT2D eigenvalue weighted by Gasteiger charge is 2.22. The summed E-state index contributed by atoms with van der Waals surface area (Å²) >= 11 is 0. The molecular weight excluding hydrogens is 232 g/mol. The van der Waals surface area contributed by atoms with E-state index in [1.807, 2.05) is 20.8 Å². The van der Waals surface area contributed by atoms with E-state index in [1.54, 1.807) is 4.90 Å². The first-order chi connectivity index (χ1) is 8.49. The number of carboxylic acids is 1. The highest BCUT2D eigenvalue weighted by Crippen LogP contribution is 2.13. The molecule has 0 aliphatic heterocycles. The summed E-state index contributed by atoms with van der Waals surface area (Å²) in [5.41, 5.74) is 0.143. The average Bonchev–Trinajstić information content (AvgIpc) is 2.34. The second-order valence-corrected chi connectivity index (χ2v) is 4.32. The lowest BCUT2D eigenvalue weighted by atomic mass is 10.1. The van der Waals surface area contributed by atoms with Crippen LogP contribution in [0.4, 0.5) is 0 Å². The molecule has 1 aromatic heterocycles. The molecule has 1 aromatic rings. The van der Waals surface area contributed by atoms with E-state index >= 15 is 0 Å². The molecular formula is C13H18N2O3. The third-order valence-corrected chi connectivity index (χ3v) is 2.63. The molecule has 0 atom stereocenters. The third kappa shape index (κ3) is 3.06. The van der Waals surface area contributed by atoms with Crippen molar-refractivity contribution in [2.75, 3.05) is 6.54 Å². The number of aromatic nitrogens is 1. The second kappa shape index (κ2) is 6.14. The normalized spacial score (nSPS) is 10.4. The zero-order valence-electron chi connectivity index (χ0n) is 10.9. The fourth-order valence-electron chi connectivity index (χ4n) is 1.74. The van der Waals surface area contributed by atoms with Crippen molar-refractivity contribution in [2.24, 2.45) is 0 Å². The van der Waals surface area contributed by atoms with E-state index in [0.29, 0.717) is 6.54 Å². The molecule has 0 radical (unpaired) electrons. The van der Waals surface area contributed by atoms with Gasteiger partial charge in [0.15, 0.2) is 0 Å². The van der Waals surface area contributed by atoms with Crippen molar-refractivity contribution in [3.05, 3.63) is 29.6 Å². The SMILES string of the molecule is CCCN(C(=O)c1ccncc1C(=O)O)C(C)C. The first kappa shape index (κ1) is 14.2. The Morgan fingerprint density at radius 3 is 2.56 bits per heavy atom. The van der Waals surface area contributed by atoms with Crippen molar-refractivity contribution in [3.63, 3.8) is 0 Å². The number of aromatic carboxylic acids is 1. The molecule has 98 valence electrons. The minimum absolute atomic E-state index is 0.0345. The van der Waals surface area contributed by atoms with Crippen molar-refractivity contribution in [3.8, 4) is 0 Å². The van der Waals surface area contributed by atoms with E-state index in [0.717, 1.165) is 6.42 Å². The van der Waals surface area contributed by atoms with Crippen molar-refractivity contribution < 1.29 is 14.7 Å². The Kier molecular flexibility index (Phi) is 4.83. The summed E-state index contributed by atoms with van der Waals surface area (Å²) in [6.07, 6.45) is 3.47. The van der Waals surface area contributed by atoms with Gasteiger partial charge in [-0.05, 0) is 26.3 Å². The van der Waals surface area contributed by atoms with Crippen molar-refractivity contribution in [1.29, 1.82) is 0 Å². The molecule has 0 aromatic carbocycles. The number of nitrogens with zero attached hydrogens (tertiary/aromatic N) is 2. The number of carboxylic acid groups (broad SMARTS) is 1. The van der Waals surface area contributed by atoms with Crippen LogP contribution in [0.5, 0.6) is 0 Å². The smallest absolute Gasteiger partial charge is 0.338 e. The Morgan fingerprint density at radius 2 is 2.06 bits per heavy atom. The summed E-state index contributed by atoms with van der Waals surface area (Å²) in [5.74, 6) is -1.39. The number of pyridine rings is 1. The predicted molar refractivity (Wildman–Crippen MR) is 67.7 cm³/mol. The zero-order valence-corrected chi connectivity index (χ0v) is 10.9. The predicted octanol–water partition coefficient (Wildman–Crippen LogP) is 2.04. The van der Waals surface area contributed by atoms with Crippen LogP contribution in [0.3, 0.4) is 0 Å². The Balaban J connectivity index is 3.12. The van der Waals surface area contributed by atoms with Gasteiger partial charge < -0.3 is 10.0 Å². The highest BCUT2D eigenvalue weighted by atomic mass is 16.4. The molecule has 0 fully saturated rings. The summed E-state index contributed by atoms with van der Waals surface area (Å²) in [7, 11) is 0. The number of hydrogen-bond acceptors (Lipinski definition) is 3. The van der Waals surface area contributed by atoms with E-state index in [-0.39, 0.29) is 23.1 Å². The number of amides is 1. The van der Waals surface area contributed by atoms with Crippen LogP contribution in [-0.2, 0) is 0 Å². The maximum atomic E-state index is 12.3. The molecule has 1 rings (SSSR count). The van der Waals surface area contributed by atoms with Gasteiger partial charge in [0.25, 0.3) is 5.91 Å². The van der Waals surface area contributed by atoms with Gasteiger partial charge in [-0.15, -0.1) is 0 Å². The van der Waals surface area contributed by atoms with Crippen LogP contribution in [-0.4, -0.2) is 39.5 Å². The Labute approximate surface area is 106 Å². The summed E-state index contributed by atoms with van der Waals surface area (Å²) in [6.45, 7) is 6.41. The average molecular weight is 250 g/mol. The van der Waals surface area contributed by atoms with Gasteiger partial charge in [0, 0.05) is 25.0 Å². The number of rotatable bonds is 5. The molecule has 1 heterocycles. The van der Waals surface area contributed by atoms with Gasteiger partial charge in [-0.3, -0.25) is 9.78 Å². The molecule has 5 nitrogen and oxygen atoms in total. The Hall–Kier alpha value is -1.91. The van der Waals surface area contributed by atoms with E-state index in [2.05, 4.69) is 4.98 Å². The molecule has 0 saturated carbocycles. The van der Waals surface area contributed by atoms with Gasteiger partial charge in [0.2, 0.25) is 0 Å². The molecule has 0 spiro atoms. The van der Waals surface area contributed by atoms with Crippen molar-refractivity contribution in [1.82, 2.24) is 9.88 Å². The van der Waals surface area contributed by atoms with Crippen molar-refractivity contribution >= 4 is 11.9 Å². The lowest BCUT2D eigenvalue weighted by Crippen LogP contribution is -2.38. The fraction of sp³-hybridized carbons (Fsp3) is 0.462. The van der Waals surface area contributed by atoms with Crippen LogP contribution in [0.1, 0.15) is 47.9 Å². The third-order valence-electron chi connectivity index (χ3n) is 2.63. The summed E-state index contributed by atoms with van der Waals surface area (Å²) in [5, 5.41) is 9.05. The van der Waals surface area contributed by atoms with Crippen LogP contribution in [0.25, 0.3) is 0 Å². The fourth-order valence-corrected chi connectivity index (χ4v) is 1.74. The summed E-state index contributed by atoms with van der Waals surface area (Å²) in [6, 6.07) is 1.49.